The molecule has 6 heteroatoms. The molecular formula is C23H23ClN2O3. The minimum absolute atomic E-state index is 0.120. The van der Waals surface area contributed by atoms with Crippen molar-refractivity contribution >= 4 is 23.0 Å². The fraction of sp³-hybridized carbons (Fsp3) is 0.391. The van der Waals surface area contributed by atoms with Crippen LogP contribution in [-0.4, -0.2) is 41.2 Å². The molecule has 2 aliphatic heterocycles. The molecule has 1 saturated carbocycles. The molecular weight excluding hydrogens is 388 g/mol. The average Bonchev–Trinajstić information content (AvgIpc) is 2.75. The lowest BCUT2D eigenvalue weighted by Crippen LogP contribution is -2.56. The predicted octanol–water partition coefficient (Wildman–Crippen LogP) is 3.93. The number of pyridine rings is 1. The molecule has 5 nitrogen and oxygen atoms in total. The maximum absolute atomic E-state index is 13.2. The van der Waals surface area contributed by atoms with E-state index in [2.05, 4.69) is 9.88 Å². The van der Waals surface area contributed by atoms with E-state index in [1.165, 1.54) is 0 Å². The van der Waals surface area contributed by atoms with E-state index in [0.29, 0.717) is 17.3 Å². The minimum Gasteiger partial charge on any atom is -0.496 e. The number of carbonyl (C=O) groups excluding carboxylic acids is 1. The van der Waals surface area contributed by atoms with Gasteiger partial charge in [0.05, 0.1) is 36.3 Å². The van der Waals surface area contributed by atoms with Crippen LogP contribution in [0.3, 0.4) is 0 Å². The van der Waals surface area contributed by atoms with Gasteiger partial charge in [-0.3, -0.25) is 14.7 Å². The third-order valence-corrected chi connectivity index (χ3v) is 6.46. The van der Waals surface area contributed by atoms with Crippen LogP contribution < -0.4 is 0 Å². The Morgan fingerprint density at radius 2 is 2.00 bits per heavy atom. The Bertz CT molecular complexity index is 915. The van der Waals surface area contributed by atoms with Crippen LogP contribution in [0, 0.1) is 11.8 Å². The van der Waals surface area contributed by atoms with E-state index < -0.39 is 0 Å². The predicted molar refractivity (Wildman–Crippen MR) is 110 cm³/mol. The highest BCUT2D eigenvalue weighted by molar-refractivity contribution is 6.30. The highest BCUT2D eigenvalue weighted by atomic mass is 35.5. The quantitative estimate of drug-likeness (QED) is 0.767. The maximum Gasteiger partial charge on any atom is 0.173 e. The molecule has 3 heterocycles. The fourth-order valence-electron chi connectivity index (χ4n) is 4.76. The highest BCUT2D eigenvalue weighted by Gasteiger charge is 2.49. The van der Waals surface area contributed by atoms with Gasteiger partial charge in [0.2, 0.25) is 0 Å². The number of hydrogen-bond donors (Lipinski definition) is 0. The Labute approximate surface area is 175 Å². The summed E-state index contributed by atoms with van der Waals surface area (Å²) in [5, 5.41) is 0.657. The lowest BCUT2D eigenvalue weighted by atomic mass is 9.71. The molecule has 5 rings (SSSR count). The van der Waals surface area contributed by atoms with E-state index in [4.69, 9.17) is 21.1 Å². The van der Waals surface area contributed by atoms with E-state index in [9.17, 15) is 4.79 Å². The molecule has 0 spiro atoms. The van der Waals surface area contributed by atoms with Gasteiger partial charge in [0.25, 0.3) is 0 Å². The SMILES string of the molecule is O=C1C(c2ccc(Cl)cc2)=COC2C1CCC1OCN(Cc3ccccn3)CC12. The molecule has 1 aliphatic carbocycles. The molecule has 1 aromatic heterocycles. The average molecular weight is 411 g/mol. The number of hydrogen-bond acceptors (Lipinski definition) is 5. The van der Waals surface area contributed by atoms with Crippen LogP contribution in [0.5, 0.6) is 0 Å². The summed E-state index contributed by atoms with van der Waals surface area (Å²) in [5.74, 6) is 0.229. The normalized spacial score (nSPS) is 29.4. The Balaban J connectivity index is 1.34. The summed E-state index contributed by atoms with van der Waals surface area (Å²) in [6, 6.07) is 13.3. The monoisotopic (exact) mass is 410 g/mol. The molecule has 2 aromatic rings. The van der Waals surface area contributed by atoms with Crippen LogP contribution in [0.25, 0.3) is 5.57 Å². The smallest absolute Gasteiger partial charge is 0.173 e. The maximum atomic E-state index is 13.2. The van der Waals surface area contributed by atoms with Gasteiger partial charge in [-0.15, -0.1) is 0 Å². The Morgan fingerprint density at radius 1 is 1.14 bits per heavy atom. The number of carbonyl (C=O) groups is 1. The van der Waals surface area contributed by atoms with E-state index in [1.807, 2.05) is 36.5 Å². The van der Waals surface area contributed by atoms with E-state index in [1.54, 1.807) is 18.4 Å². The summed E-state index contributed by atoms with van der Waals surface area (Å²) in [4.78, 5) is 19.9. The second kappa shape index (κ2) is 7.90. The van der Waals surface area contributed by atoms with Crippen LogP contribution in [0.4, 0.5) is 0 Å². The number of nitrogens with zero attached hydrogens (tertiary/aromatic N) is 2. The third-order valence-electron chi connectivity index (χ3n) is 6.21. The van der Waals surface area contributed by atoms with Crippen molar-refractivity contribution < 1.29 is 14.3 Å². The summed E-state index contributed by atoms with van der Waals surface area (Å²) < 4.78 is 12.3. The van der Waals surface area contributed by atoms with Crippen molar-refractivity contribution in [2.75, 3.05) is 13.3 Å². The van der Waals surface area contributed by atoms with Crippen LogP contribution in [0.15, 0.2) is 54.9 Å². The number of ketones is 1. The van der Waals surface area contributed by atoms with Gasteiger partial charge in [-0.25, -0.2) is 0 Å². The summed E-state index contributed by atoms with van der Waals surface area (Å²) in [7, 11) is 0. The number of rotatable bonds is 3. The van der Waals surface area contributed by atoms with Crippen LogP contribution >= 0.6 is 11.6 Å². The number of ether oxygens (including phenoxy) is 2. The van der Waals surface area contributed by atoms with Gasteiger partial charge >= 0.3 is 0 Å². The van der Waals surface area contributed by atoms with E-state index in [0.717, 1.165) is 37.2 Å². The molecule has 0 N–H and O–H groups in total. The zero-order valence-electron chi connectivity index (χ0n) is 16.0. The lowest BCUT2D eigenvalue weighted by molar-refractivity contribution is -0.171. The molecule has 4 atom stereocenters. The summed E-state index contributed by atoms with van der Waals surface area (Å²) >= 11 is 5.99. The van der Waals surface area contributed by atoms with Crippen molar-refractivity contribution in [2.24, 2.45) is 11.8 Å². The first kappa shape index (κ1) is 18.8. The second-order valence-electron chi connectivity index (χ2n) is 8.02. The van der Waals surface area contributed by atoms with Gasteiger partial charge in [0.1, 0.15) is 6.10 Å². The van der Waals surface area contributed by atoms with Gasteiger partial charge < -0.3 is 9.47 Å². The number of benzene rings is 1. The molecule has 0 amide bonds. The molecule has 4 unspecified atom stereocenters. The van der Waals surface area contributed by atoms with Gasteiger partial charge in [-0.1, -0.05) is 29.8 Å². The molecule has 1 saturated heterocycles. The van der Waals surface area contributed by atoms with Gasteiger partial charge in [0, 0.05) is 30.2 Å². The van der Waals surface area contributed by atoms with Crippen molar-refractivity contribution in [3.8, 4) is 0 Å². The van der Waals surface area contributed by atoms with Crippen molar-refractivity contribution in [1.29, 1.82) is 0 Å². The van der Waals surface area contributed by atoms with Crippen molar-refractivity contribution in [3.05, 3.63) is 71.2 Å². The van der Waals surface area contributed by atoms with Crippen molar-refractivity contribution in [3.63, 3.8) is 0 Å². The first-order valence-corrected chi connectivity index (χ1v) is 10.5. The second-order valence-corrected chi connectivity index (χ2v) is 8.45. The van der Waals surface area contributed by atoms with E-state index in [-0.39, 0.29) is 29.8 Å². The third kappa shape index (κ3) is 3.70. The largest absolute Gasteiger partial charge is 0.496 e. The number of Topliss-reactive ketones (excluding diaryl/α,β-unsaturated/α-hetero) is 1. The summed E-state index contributed by atoms with van der Waals surface area (Å²) in [6.45, 7) is 2.18. The Morgan fingerprint density at radius 3 is 2.79 bits per heavy atom. The van der Waals surface area contributed by atoms with Gasteiger partial charge in [-0.2, -0.15) is 0 Å². The van der Waals surface area contributed by atoms with E-state index >= 15 is 0 Å². The molecule has 150 valence electrons. The summed E-state index contributed by atoms with van der Waals surface area (Å²) in [5.41, 5.74) is 2.52. The molecule has 0 radical (unpaired) electrons. The lowest BCUT2D eigenvalue weighted by Gasteiger charge is -2.48. The standard InChI is InChI=1S/C23H23ClN2O3/c24-16-6-4-15(5-7-16)20-13-28-23-18(22(20)27)8-9-21-19(23)12-26(14-29-21)11-17-3-1-2-10-25-17/h1-7,10,13,18-19,21,23H,8-9,11-12,14H2. The number of fused-ring (bicyclic) bond motifs is 3. The molecule has 29 heavy (non-hydrogen) atoms. The number of halogens is 1. The van der Waals surface area contributed by atoms with Gasteiger partial charge in [0.15, 0.2) is 5.78 Å². The first-order chi connectivity index (χ1) is 14.2. The first-order valence-electron chi connectivity index (χ1n) is 10.1. The van der Waals surface area contributed by atoms with Crippen LogP contribution in [-0.2, 0) is 20.8 Å². The number of aromatic nitrogens is 1. The summed E-state index contributed by atoms with van der Waals surface area (Å²) in [6.07, 6.45) is 5.17. The Kier molecular flexibility index (Phi) is 5.12. The minimum atomic E-state index is -0.135. The number of allylic oxidation sites excluding steroid dienone is 1. The zero-order chi connectivity index (χ0) is 19.8. The van der Waals surface area contributed by atoms with Crippen LogP contribution in [0.2, 0.25) is 5.02 Å². The molecule has 2 fully saturated rings. The Hall–Kier alpha value is -2.21. The molecule has 3 aliphatic rings. The molecule has 1 aromatic carbocycles. The van der Waals surface area contributed by atoms with Crippen LogP contribution in [0.1, 0.15) is 24.1 Å². The van der Waals surface area contributed by atoms with Crippen molar-refractivity contribution in [2.45, 2.75) is 31.6 Å². The van der Waals surface area contributed by atoms with Crippen molar-refractivity contribution in [1.82, 2.24) is 9.88 Å². The van der Waals surface area contributed by atoms with Gasteiger partial charge in [-0.05, 0) is 42.7 Å². The zero-order valence-corrected chi connectivity index (χ0v) is 16.8. The fourth-order valence-corrected chi connectivity index (χ4v) is 4.89. The topological polar surface area (TPSA) is 51.7 Å². The molecule has 0 bridgehead atoms. The highest BCUT2D eigenvalue weighted by Crippen LogP contribution is 2.42.